The molecule has 0 aromatic heterocycles. The highest BCUT2D eigenvalue weighted by atomic mass is 14.2. The van der Waals surface area contributed by atoms with Gasteiger partial charge in [-0.2, -0.15) is 0 Å². The van der Waals surface area contributed by atoms with E-state index in [1.165, 1.54) is 99.1 Å². The molecule has 0 bridgehead atoms. The van der Waals surface area contributed by atoms with Crippen LogP contribution in [0.1, 0.15) is 0 Å². The minimum atomic E-state index is 1.22. The molecule has 0 atom stereocenters. The molecule has 0 nitrogen and oxygen atoms in total. The summed E-state index contributed by atoms with van der Waals surface area (Å²) in [7, 11) is 0. The van der Waals surface area contributed by atoms with Crippen LogP contribution in [0.2, 0.25) is 0 Å². The quantitative estimate of drug-likeness (QED) is 0.153. The van der Waals surface area contributed by atoms with Crippen LogP contribution < -0.4 is 0 Å². The van der Waals surface area contributed by atoms with E-state index in [1.807, 2.05) is 0 Å². The lowest BCUT2D eigenvalue weighted by atomic mass is 9.88. The smallest absolute Gasteiger partial charge is 0.00928 e. The topological polar surface area (TPSA) is 0 Å². The minimum Gasteiger partial charge on any atom is -0.0622 e. The predicted molar refractivity (Wildman–Crippen MR) is 232 cm³/mol. The predicted octanol–water partition coefficient (Wildman–Crippen LogP) is 15.1. The highest BCUT2D eigenvalue weighted by Gasteiger charge is 2.14. The fourth-order valence-electron chi connectivity index (χ4n) is 8.00. The second kappa shape index (κ2) is 13.5. The van der Waals surface area contributed by atoms with Gasteiger partial charge >= 0.3 is 0 Å². The van der Waals surface area contributed by atoms with Crippen molar-refractivity contribution >= 4 is 32.3 Å². The third-order valence-corrected chi connectivity index (χ3v) is 10.9. The van der Waals surface area contributed by atoms with Gasteiger partial charge in [0.25, 0.3) is 0 Å². The Kier molecular flexibility index (Phi) is 7.93. The maximum atomic E-state index is 2.39. The van der Waals surface area contributed by atoms with Crippen molar-refractivity contribution in [2.75, 3.05) is 0 Å². The Hall–Kier alpha value is -7.02. The van der Waals surface area contributed by atoms with E-state index in [4.69, 9.17) is 0 Å². The van der Waals surface area contributed by atoms with Crippen LogP contribution in [0.4, 0.5) is 0 Å². The molecule has 0 heteroatoms. The molecule has 252 valence electrons. The van der Waals surface area contributed by atoms with E-state index in [0.717, 1.165) is 0 Å². The molecule has 10 rings (SSSR count). The Balaban J connectivity index is 1.12. The number of hydrogen-bond donors (Lipinski definition) is 0. The van der Waals surface area contributed by atoms with Gasteiger partial charge in [0.15, 0.2) is 0 Å². The van der Waals surface area contributed by atoms with Gasteiger partial charge in [0.2, 0.25) is 0 Å². The molecule has 54 heavy (non-hydrogen) atoms. The summed E-state index contributed by atoms with van der Waals surface area (Å²) in [6, 6.07) is 79.7. The van der Waals surface area contributed by atoms with Crippen LogP contribution in [0.15, 0.2) is 218 Å². The Morgan fingerprint density at radius 3 is 0.556 bits per heavy atom. The van der Waals surface area contributed by atoms with Crippen LogP contribution in [0.3, 0.4) is 0 Å². The summed E-state index contributed by atoms with van der Waals surface area (Å²) in [5.41, 5.74) is 14.7. The van der Waals surface area contributed by atoms with Gasteiger partial charge in [0.05, 0.1) is 0 Å². The first-order valence-electron chi connectivity index (χ1n) is 18.7. The summed E-state index contributed by atoms with van der Waals surface area (Å²) < 4.78 is 0. The molecule has 10 aromatic rings. The van der Waals surface area contributed by atoms with Gasteiger partial charge < -0.3 is 0 Å². The highest BCUT2D eigenvalue weighted by Crippen LogP contribution is 2.41. The first-order chi connectivity index (χ1) is 26.7. The first-order valence-corrected chi connectivity index (χ1v) is 18.7. The van der Waals surface area contributed by atoms with Gasteiger partial charge in [-0.25, -0.2) is 0 Å². The molecular formula is C54H36. The van der Waals surface area contributed by atoms with Crippen molar-refractivity contribution in [1.29, 1.82) is 0 Å². The standard InChI is InChI=1S/C54H36/c1-4-10-37(11-5-1)40-16-22-43(23-17-40)46-28-31-49-52(34-46)50-32-29-47(44-24-18-41(19-25-44)38-12-6-2-7-13-38)36-54(50)51-33-30-48(35-53(49)51)45-26-20-42(21-27-45)39-14-8-3-9-15-39/h1-36H. The fourth-order valence-corrected chi connectivity index (χ4v) is 8.00. The molecule has 10 aromatic carbocycles. The van der Waals surface area contributed by atoms with Gasteiger partial charge in [0, 0.05) is 0 Å². The molecule has 0 aliphatic heterocycles. The van der Waals surface area contributed by atoms with Crippen molar-refractivity contribution in [3.05, 3.63) is 218 Å². The zero-order chi connectivity index (χ0) is 35.8. The second-order valence-corrected chi connectivity index (χ2v) is 14.1. The Morgan fingerprint density at radius 1 is 0.130 bits per heavy atom. The maximum absolute atomic E-state index is 2.39. The van der Waals surface area contributed by atoms with Crippen LogP contribution >= 0.6 is 0 Å². The van der Waals surface area contributed by atoms with E-state index in [9.17, 15) is 0 Å². The molecule has 0 spiro atoms. The zero-order valence-corrected chi connectivity index (χ0v) is 29.8. The molecule has 0 amide bonds. The summed E-state index contributed by atoms with van der Waals surface area (Å²) in [5, 5.41) is 7.61. The van der Waals surface area contributed by atoms with Crippen LogP contribution in [-0.2, 0) is 0 Å². The molecule has 0 fully saturated rings. The summed E-state index contributed by atoms with van der Waals surface area (Å²) >= 11 is 0. The Bertz CT molecular complexity index is 2550. The minimum absolute atomic E-state index is 1.22. The molecule has 0 aliphatic carbocycles. The van der Waals surface area contributed by atoms with Crippen LogP contribution in [0, 0.1) is 0 Å². The lowest BCUT2D eigenvalue weighted by molar-refractivity contribution is 1.60. The molecule has 0 N–H and O–H groups in total. The van der Waals surface area contributed by atoms with Crippen molar-refractivity contribution in [2.45, 2.75) is 0 Å². The van der Waals surface area contributed by atoms with Crippen LogP contribution in [-0.4, -0.2) is 0 Å². The van der Waals surface area contributed by atoms with Crippen molar-refractivity contribution < 1.29 is 0 Å². The number of hydrogen-bond acceptors (Lipinski definition) is 0. The lowest BCUT2D eigenvalue weighted by Gasteiger charge is -2.15. The third-order valence-electron chi connectivity index (χ3n) is 10.9. The average molecular weight is 685 g/mol. The van der Waals surface area contributed by atoms with Crippen molar-refractivity contribution in [2.24, 2.45) is 0 Å². The highest BCUT2D eigenvalue weighted by molar-refractivity contribution is 6.26. The Labute approximate surface area is 316 Å². The van der Waals surface area contributed by atoms with Crippen molar-refractivity contribution in [3.8, 4) is 66.8 Å². The van der Waals surface area contributed by atoms with E-state index in [1.54, 1.807) is 0 Å². The lowest BCUT2D eigenvalue weighted by Crippen LogP contribution is -1.88. The molecule has 0 saturated heterocycles. The normalized spacial score (nSPS) is 11.3. The van der Waals surface area contributed by atoms with Crippen molar-refractivity contribution in [3.63, 3.8) is 0 Å². The SMILES string of the molecule is c1ccc(-c2ccc(-c3ccc4c(c3)c3ccc(-c5ccc(-c6ccccc6)cc5)cc3c3ccc(-c5ccc(-c6ccccc6)cc5)cc43)cc2)cc1. The van der Waals surface area contributed by atoms with Crippen molar-refractivity contribution in [1.82, 2.24) is 0 Å². The van der Waals surface area contributed by atoms with E-state index in [0.29, 0.717) is 0 Å². The van der Waals surface area contributed by atoms with E-state index in [-0.39, 0.29) is 0 Å². The zero-order valence-electron chi connectivity index (χ0n) is 29.8. The maximum Gasteiger partial charge on any atom is -0.00928 e. The number of benzene rings is 10. The van der Waals surface area contributed by atoms with Crippen LogP contribution in [0.25, 0.3) is 99.1 Å². The Morgan fingerprint density at radius 2 is 0.315 bits per heavy atom. The van der Waals surface area contributed by atoms with E-state index >= 15 is 0 Å². The molecule has 0 aliphatic rings. The third kappa shape index (κ3) is 5.85. The van der Waals surface area contributed by atoms with Gasteiger partial charge in [-0.3, -0.25) is 0 Å². The largest absolute Gasteiger partial charge is 0.0622 e. The molecule has 0 heterocycles. The molecule has 0 unspecified atom stereocenters. The summed E-state index contributed by atoms with van der Waals surface area (Å²) in [4.78, 5) is 0. The first kappa shape index (κ1) is 31.7. The summed E-state index contributed by atoms with van der Waals surface area (Å²) in [5.74, 6) is 0. The summed E-state index contributed by atoms with van der Waals surface area (Å²) in [6.07, 6.45) is 0. The summed E-state index contributed by atoms with van der Waals surface area (Å²) in [6.45, 7) is 0. The fraction of sp³-hybridized carbons (Fsp3) is 0. The van der Waals surface area contributed by atoms with Crippen LogP contribution in [0.5, 0.6) is 0 Å². The second-order valence-electron chi connectivity index (χ2n) is 14.1. The average Bonchev–Trinajstić information content (AvgIpc) is 3.27. The van der Waals surface area contributed by atoms with Gasteiger partial charge in [-0.05, 0) is 117 Å². The molecule has 0 radical (unpaired) electrons. The molecule has 0 saturated carbocycles. The van der Waals surface area contributed by atoms with E-state index < -0.39 is 0 Å². The van der Waals surface area contributed by atoms with E-state index in [2.05, 4.69) is 218 Å². The van der Waals surface area contributed by atoms with Gasteiger partial charge in [-0.15, -0.1) is 0 Å². The molecular weight excluding hydrogens is 649 g/mol. The monoisotopic (exact) mass is 684 g/mol. The number of rotatable bonds is 6. The van der Waals surface area contributed by atoms with Gasteiger partial charge in [0.1, 0.15) is 0 Å². The number of fused-ring (bicyclic) bond motifs is 6. The van der Waals surface area contributed by atoms with Gasteiger partial charge in [-0.1, -0.05) is 200 Å².